The number of fused-ring (bicyclic) bond motifs is 1. The topological polar surface area (TPSA) is 91.0 Å². The lowest BCUT2D eigenvalue weighted by molar-refractivity contribution is -0.0564. The number of ether oxygens (including phenoxy) is 1. The van der Waals surface area contributed by atoms with Gasteiger partial charge in [0, 0.05) is 19.3 Å². The molecular formula is C15H19N5O3. The maximum absolute atomic E-state index is 12.3. The number of nitrogens with one attached hydrogen (secondary N) is 1. The van der Waals surface area contributed by atoms with Crippen LogP contribution in [0.2, 0.25) is 0 Å². The van der Waals surface area contributed by atoms with Crippen LogP contribution in [-0.4, -0.2) is 31.8 Å². The summed E-state index contributed by atoms with van der Waals surface area (Å²) >= 11 is 0. The van der Waals surface area contributed by atoms with Crippen molar-refractivity contribution in [3.8, 4) is 0 Å². The molecule has 0 aromatic carbocycles. The molecule has 122 valence electrons. The fourth-order valence-electron chi connectivity index (χ4n) is 2.57. The second kappa shape index (κ2) is 5.62. The first-order valence-electron chi connectivity index (χ1n) is 7.40. The summed E-state index contributed by atoms with van der Waals surface area (Å²) in [5.74, 6) is 0.0664. The number of aryl methyl sites for hydroxylation is 1. The molecule has 1 N–H and O–H groups in total. The molecule has 8 nitrogen and oxygen atoms in total. The summed E-state index contributed by atoms with van der Waals surface area (Å²) in [6.07, 6.45) is 1.80. The molecule has 1 amide bonds. The number of aromatic nitrogens is 4. The van der Waals surface area contributed by atoms with Crippen LogP contribution in [0.1, 0.15) is 35.9 Å². The van der Waals surface area contributed by atoms with E-state index in [1.54, 1.807) is 22.5 Å². The second-order valence-corrected chi connectivity index (χ2v) is 5.98. The van der Waals surface area contributed by atoms with Gasteiger partial charge in [-0.2, -0.15) is 5.10 Å². The SMILES string of the molecule is Cn1ccc(CNC(=O)c2cc(=O)n3c(n2)C(C)(C)OCC3)n1. The molecule has 2 aromatic rings. The highest BCUT2D eigenvalue weighted by molar-refractivity contribution is 5.92. The molecule has 1 aliphatic heterocycles. The minimum Gasteiger partial charge on any atom is -0.366 e. The number of hydrogen-bond acceptors (Lipinski definition) is 5. The molecule has 0 fully saturated rings. The van der Waals surface area contributed by atoms with Gasteiger partial charge in [0.25, 0.3) is 11.5 Å². The highest BCUT2D eigenvalue weighted by Crippen LogP contribution is 2.25. The summed E-state index contributed by atoms with van der Waals surface area (Å²) < 4.78 is 8.86. The Labute approximate surface area is 133 Å². The van der Waals surface area contributed by atoms with Crippen LogP contribution in [0.3, 0.4) is 0 Å². The molecular weight excluding hydrogens is 298 g/mol. The minimum atomic E-state index is -0.700. The Bertz CT molecular complexity index is 806. The van der Waals surface area contributed by atoms with Crippen LogP contribution in [0.25, 0.3) is 0 Å². The molecule has 23 heavy (non-hydrogen) atoms. The summed E-state index contributed by atoms with van der Waals surface area (Å²) in [5.41, 5.74) is -0.112. The third kappa shape index (κ3) is 3.02. The van der Waals surface area contributed by atoms with Crippen LogP contribution >= 0.6 is 0 Å². The highest BCUT2D eigenvalue weighted by Gasteiger charge is 2.32. The van der Waals surface area contributed by atoms with Gasteiger partial charge < -0.3 is 10.1 Å². The summed E-state index contributed by atoms with van der Waals surface area (Å²) in [6, 6.07) is 3.07. The van der Waals surface area contributed by atoms with E-state index >= 15 is 0 Å². The van der Waals surface area contributed by atoms with Gasteiger partial charge >= 0.3 is 0 Å². The van der Waals surface area contributed by atoms with E-state index in [2.05, 4.69) is 15.4 Å². The van der Waals surface area contributed by atoms with Crippen molar-refractivity contribution in [1.82, 2.24) is 24.6 Å². The first-order valence-corrected chi connectivity index (χ1v) is 7.40. The maximum atomic E-state index is 12.3. The third-order valence-electron chi connectivity index (χ3n) is 3.76. The first-order chi connectivity index (χ1) is 10.9. The Morgan fingerprint density at radius 3 is 2.96 bits per heavy atom. The molecule has 0 spiro atoms. The van der Waals surface area contributed by atoms with Gasteiger partial charge in [-0.3, -0.25) is 18.8 Å². The monoisotopic (exact) mass is 317 g/mol. The maximum Gasteiger partial charge on any atom is 0.270 e. The Morgan fingerprint density at radius 1 is 1.48 bits per heavy atom. The number of hydrogen-bond donors (Lipinski definition) is 1. The van der Waals surface area contributed by atoms with Crippen LogP contribution in [0.5, 0.6) is 0 Å². The Balaban J connectivity index is 1.84. The van der Waals surface area contributed by atoms with Crippen LogP contribution in [0.15, 0.2) is 23.1 Å². The van der Waals surface area contributed by atoms with Gasteiger partial charge in [-0.05, 0) is 19.9 Å². The molecule has 0 saturated carbocycles. The molecule has 0 unspecified atom stereocenters. The van der Waals surface area contributed by atoms with E-state index in [9.17, 15) is 9.59 Å². The summed E-state index contributed by atoms with van der Waals surface area (Å²) in [4.78, 5) is 28.8. The van der Waals surface area contributed by atoms with Crippen LogP contribution in [0.4, 0.5) is 0 Å². The van der Waals surface area contributed by atoms with Crippen molar-refractivity contribution in [3.63, 3.8) is 0 Å². The molecule has 0 atom stereocenters. The van der Waals surface area contributed by atoms with E-state index < -0.39 is 11.5 Å². The zero-order chi connectivity index (χ0) is 16.6. The predicted molar refractivity (Wildman–Crippen MR) is 81.9 cm³/mol. The number of nitrogens with zero attached hydrogens (tertiary/aromatic N) is 4. The molecule has 0 saturated heterocycles. The Morgan fingerprint density at radius 2 is 2.26 bits per heavy atom. The Kier molecular flexibility index (Phi) is 3.77. The van der Waals surface area contributed by atoms with Crippen molar-refractivity contribution < 1.29 is 9.53 Å². The molecule has 1 aliphatic rings. The lowest BCUT2D eigenvalue weighted by atomic mass is 10.1. The zero-order valence-electron chi connectivity index (χ0n) is 13.4. The van der Waals surface area contributed by atoms with E-state index in [-0.39, 0.29) is 17.8 Å². The molecule has 2 aromatic heterocycles. The van der Waals surface area contributed by atoms with Crippen molar-refractivity contribution in [2.75, 3.05) is 6.61 Å². The van der Waals surface area contributed by atoms with Gasteiger partial charge in [0.15, 0.2) is 0 Å². The number of amides is 1. The lowest BCUT2D eigenvalue weighted by Gasteiger charge is -2.32. The van der Waals surface area contributed by atoms with E-state index in [0.29, 0.717) is 19.0 Å². The first kappa shape index (κ1) is 15.4. The van der Waals surface area contributed by atoms with E-state index in [0.717, 1.165) is 5.69 Å². The average molecular weight is 317 g/mol. The highest BCUT2D eigenvalue weighted by atomic mass is 16.5. The fraction of sp³-hybridized carbons (Fsp3) is 0.467. The summed E-state index contributed by atoms with van der Waals surface area (Å²) in [5, 5.41) is 6.91. The molecule has 0 aliphatic carbocycles. The normalized spacial score (nSPS) is 16.0. The van der Waals surface area contributed by atoms with E-state index in [1.165, 1.54) is 6.07 Å². The van der Waals surface area contributed by atoms with Gasteiger partial charge in [-0.15, -0.1) is 0 Å². The van der Waals surface area contributed by atoms with E-state index in [4.69, 9.17) is 4.74 Å². The van der Waals surface area contributed by atoms with Crippen LogP contribution in [-0.2, 0) is 30.5 Å². The molecule has 0 radical (unpaired) electrons. The average Bonchev–Trinajstić information content (AvgIpc) is 2.91. The summed E-state index contributed by atoms with van der Waals surface area (Å²) in [7, 11) is 1.80. The van der Waals surface area contributed by atoms with Gasteiger partial charge in [-0.1, -0.05) is 0 Å². The van der Waals surface area contributed by atoms with Crippen molar-refractivity contribution in [2.45, 2.75) is 32.5 Å². The quantitative estimate of drug-likeness (QED) is 0.871. The fourth-order valence-corrected chi connectivity index (χ4v) is 2.57. The van der Waals surface area contributed by atoms with Gasteiger partial charge in [0.1, 0.15) is 17.1 Å². The van der Waals surface area contributed by atoms with Gasteiger partial charge in [0.2, 0.25) is 0 Å². The molecule has 8 heteroatoms. The van der Waals surface area contributed by atoms with E-state index in [1.807, 2.05) is 19.9 Å². The van der Waals surface area contributed by atoms with Crippen LogP contribution < -0.4 is 10.9 Å². The smallest absolute Gasteiger partial charge is 0.270 e. The van der Waals surface area contributed by atoms with Crippen molar-refractivity contribution >= 4 is 5.91 Å². The number of carbonyl (C=O) groups is 1. The lowest BCUT2D eigenvalue weighted by Crippen LogP contribution is -2.42. The van der Waals surface area contributed by atoms with Gasteiger partial charge in [-0.25, -0.2) is 4.98 Å². The molecule has 3 rings (SSSR count). The predicted octanol–water partition coefficient (Wildman–Crippen LogP) is 0.172. The molecule has 3 heterocycles. The number of carbonyl (C=O) groups excluding carboxylic acids is 1. The van der Waals surface area contributed by atoms with Crippen molar-refractivity contribution in [2.24, 2.45) is 7.05 Å². The number of rotatable bonds is 3. The van der Waals surface area contributed by atoms with Crippen molar-refractivity contribution in [3.05, 3.63) is 45.9 Å². The summed E-state index contributed by atoms with van der Waals surface area (Å²) in [6.45, 7) is 4.84. The molecule has 0 bridgehead atoms. The largest absolute Gasteiger partial charge is 0.366 e. The minimum absolute atomic E-state index is 0.0933. The van der Waals surface area contributed by atoms with Gasteiger partial charge in [0.05, 0.1) is 25.4 Å². The Hall–Kier alpha value is -2.48. The van der Waals surface area contributed by atoms with Crippen LogP contribution in [0, 0.1) is 0 Å². The zero-order valence-corrected chi connectivity index (χ0v) is 13.4. The third-order valence-corrected chi connectivity index (χ3v) is 3.76. The second-order valence-electron chi connectivity index (χ2n) is 5.98. The standard InChI is InChI=1S/C15H19N5O3/c1-15(2)14-17-11(8-12(21)20(14)6-7-23-15)13(22)16-9-10-4-5-19(3)18-10/h4-5,8H,6-7,9H2,1-3H3,(H,16,22). The van der Waals surface area contributed by atoms with Crippen molar-refractivity contribution in [1.29, 1.82) is 0 Å².